The third-order valence-corrected chi connectivity index (χ3v) is 5.58. The van der Waals surface area contributed by atoms with Crippen molar-refractivity contribution >= 4 is 10.0 Å². The molecule has 2 aromatic rings. The molecule has 1 fully saturated rings. The molecule has 1 aliphatic rings. The largest absolute Gasteiger partial charge is 0.471 e. The van der Waals surface area contributed by atoms with Gasteiger partial charge >= 0.3 is 0 Å². The maximum absolute atomic E-state index is 12.6. The Labute approximate surface area is 139 Å². The zero-order chi connectivity index (χ0) is 17.3. The Kier molecular flexibility index (Phi) is 4.21. The van der Waals surface area contributed by atoms with Gasteiger partial charge in [0.25, 0.3) is 15.9 Å². The van der Waals surface area contributed by atoms with Crippen LogP contribution in [0.15, 0.2) is 23.6 Å². The molecule has 0 bridgehead atoms. The highest BCUT2D eigenvalue weighted by Gasteiger charge is 2.35. The molecule has 1 aliphatic heterocycles. The summed E-state index contributed by atoms with van der Waals surface area (Å²) in [7, 11) is -1.92. The lowest BCUT2D eigenvalue weighted by atomic mass is 10.3. The minimum Gasteiger partial charge on any atom is -0.471 e. The zero-order valence-electron chi connectivity index (χ0n) is 13.2. The fourth-order valence-corrected chi connectivity index (χ4v) is 3.95. The predicted molar refractivity (Wildman–Crippen MR) is 82.5 cm³/mol. The number of hydrogen-bond donors (Lipinski definition) is 0. The average molecular weight is 348 g/mol. The molecule has 0 radical (unpaired) electrons. The summed E-state index contributed by atoms with van der Waals surface area (Å²) in [6, 6.07) is 1.90. The van der Waals surface area contributed by atoms with Crippen LogP contribution in [0, 0.1) is 18.3 Å². The molecule has 1 unspecified atom stereocenters. The monoisotopic (exact) mass is 348 g/mol. The highest BCUT2D eigenvalue weighted by Crippen LogP contribution is 2.23. The van der Waals surface area contributed by atoms with E-state index < -0.39 is 10.0 Å². The molecule has 2 aromatic heterocycles. The molecular weight excluding hydrogens is 332 g/mol. The molecule has 1 atom stereocenters. The molecule has 3 heterocycles. The second-order valence-electron chi connectivity index (χ2n) is 5.45. The lowest BCUT2D eigenvalue weighted by Gasteiger charge is -2.15. The molecule has 0 saturated carbocycles. The van der Waals surface area contributed by atoms with Gasteiger partial charge in [0.1, 0.15) is 18.0 Å². The third-order valence-electron chi connectivity index (χ3n) is 3.85. The molecule has 0 amide bonds. The van der Waals surface area contributed by atoms with E-state index >= 15 is 0 Å². The first kappa shape index (κ1) is 16.4. The van der Waals surface area contributed by atoms with Crippen LogP contribution in [0.4, 0.5) is 0 Å². The summed E-state index contributed by atoms with van der Waals surface area (Å²) in [5, 5.41) is 9.03. The minimum atomic E-state index is -3.66. The molecule has 24 heavy (non-hydrogen) atoms. The summed E-state index contributed by atoms with van der Waals surface area (Å²) < 4.78 is 33.9. The highest BCUT2D eigenvalue weighted by atomic mass is 32.2. The van der Waals surface area contributed by atoms with Crippen LogP contribution in [0.1, 0.15) is 17.9 Å². The second kappa shape index (κ2) is 6.18. The van der Waals surface area contributed by atoms with Crippen molar-refractivity contribution in [2.24, 2.45) is 7.05 Å². The molecule has 0 aliphatic carbocycles. The number of sulfonamides is 1. The Hall–Kier alpha value is -2.51. The van der Waals surface area contributed by atoms with Crippen LogP contribution in [0.25, 0.3) is 0 Å². The topological polar surface area (TPSA) is 114 Å². The maximum atomic E-state index is 12.6. The first-order valence-electron chi connectivity index (χ1n) is 7.29. The number of nitrogens with zero attached hydrogens (tertiary/aromatic N) is 6. The van der Waals surface area contributed by atoms with Crippen LogP contribution in [0.3, 0.4) is 0 Å². The highest BCUT2D eigenvalue weighted by molar-refractivity contribution is 7.89. The lowest BCUT2D eigenvalue weighted by molar-refractivity contribution is 0.205. The smallest absolute Gasteiger partial charge is 0.262 e. The molecule has 0 N–H and O–H groups in total. The van der Waals surface area contributed by atoms with Crippen LogP contribution >= 0.6 is 0 Å². The summed E-state index contributed by atoms with van der Waals surface area (Å²) in [6.07, 6.45) is 4.45. The van der Waals surface area contributed by atoms with Gasteiger partial charge in [0.05, 0.1) is 6.54 Å². The van der Waals surface area contributed by atoms with Gasteiger partial charge in [0, 0.05) is 32.2 Å². The Bertz CT molecular complexity index is 882. The molecule has 1 saturated heterocycles. The summed E-state index contributed by atoms with van der Waals surface area (Å²) in [4.78, 5) is 11.9. The van der Waals surface area contributed by atoms with Crippen molar-refractivity contribution in [3.8, 4) is 11.9 Å². The van der Waals surface area contributed by atoms with Crippen LogP contribution in [-0.2, 0) is 17.1 Å². The van der Waals surface area contributed by atoms with Crippen molar-refractivity contribution < 1.29 is 13.2 Å². The van der Waals surface area contributed by atoms with E-state index in [0.29, 0.717) is 18.8 Å². The van der Waals surface area contributed by atoms with Gasteiger partial charge < -0.3 is 9.30 Å². The average Bonchev–Trinajstić information content (AvgIpc) is 3.16. The summed E-state index contributed by atoms with van der Waals surface area (Å²) in [6.45, 7) is 2.25. The molecule has 9 nitrogen and oxygen atoms in total. The number of ether oxygens (including phenoxy) is 1. The standard InChI is InChI=1S/C14H16N6O3S/c1-10-18-13(9-19(10)2)24(21,22)20-6-3-11(8-20)23-14-12(7-15)16-4-5-17-14/h4-5,9,11H,3,6,8H2,1-2H3. The third kappa shape index (κ3) is 2.95. The quantitative estimate of drug-likeness (QED) is 0.777. The number of aryl methyl sites for hydroxylation is 2. The van der Waals surface area contributed by atoms with Gasteiger partial charge in [0.15, 0.2) is 5.03 Å². The Morgan fingerprint density at radius 2 is 2.12 bits per heavy atom. The van der Waals surface area contributed by atoms with E-state index in [0.717, 1.165) is 0 Å². The summed E-state index contributed by atoms with van der Waals surface area (Å²) in [5.41, 5.74) is 0.0826. The van der Waals surface area contributed by atoms with Gasteiger partial charge in [-0.1, -0.05) is 0 Å². The van der Waals surface area contributed by atoms with Crippen molar-refractivity contribution in [2.45, 2.75) is 24.5 Å². The van der Waals surface area contributed by atoms with Crippen LogP contribution in [0.5, 0.6) is 5.88 Å². The maximum Gasteiger partial charge on any atom is 0.262 e. The van der Waals surface area contributed by atoms with Crippen LogP contribution < -0.4 is 4.74 Å². The number of hydrogen-bond acceptors (Lipinski definition) is 7. The predicted octanol–water partition coefficient (Wildman–Crippen LogP) is 0.232. The van der Waals surface area contributed by atoms with Gasteiger partial charge in [-0.25, -0.2) is 23.4 Å². The molecule has 126 valence electrons. The van der Waals surface area contributed by atoms with Crippen molar-refractivity contribution in [3.63, 3.8) is 0 Å². The summed E-state index contributed by atoms with van der Waals surface area (Å²) in [5.74, 6) is 0.747. The normalized spacial score (nSPS) is 18.5. The van der Waals surface area contributed by atoms with Crippen molar-refractivity contribution in [3.05, 3.63) is 30.1 Å². The first-order chi connectivity index (χ1) is 11.4. The minimum absolute atomic E-state index is 0.0281. The van der Waals surface area contributed by atoms with E-state index in [9.17, 15) is 8.42 Å². The van der Waals surface area contributed by atoms with E-state index in [4.69, 9.17) is 10.00 Å². The Balaban J connectivity index is 1.74. The van der Waals surface area contributed by atoms with E-state index in [1.54, 1.807) is 18.5 Å². The number of imidazole rings is 1. The lowest BCUT2D eigenvalue weighted by Crippen LogP contribution is -2.31. The summed E-state index contributed by atoms with van der Waals surface area (Å²) >= 11 is 0. The van der Waals surface area contributed by atoms with E-state index in [1.807, 2.05) is 6.07 Å². The van der Waals surface area contributed by atoms with Gasteiger partial charge in [-0.05, 0) is 13.3 Å². The molecule has 10 heteroatoms. The molecular formula is C14H16N6O3S. The molecule has 0 spiro atoms. The van der Waals surface area contributed by atoms with Gasteiger partial charge in [-0.15, -0.1) is 0 Å². The zero-order valence-corrected chi connectivity index (χ0v) is 14.1. The Morgan fingerprint density at radius 1 is 1.38 bits per heavy atom. The first-order valence-corrected chi connectivity index (χ1v) is 8.73. The van der Waals surface area contributed by atoms with Crippen molar-refractivity contribution in [1.29, 1.82) is 5.26 Å². The number of rotatable bonds is 4. The van der Waals surface area contributed by atoms with Crippen molar-refractivity contribution in [2.75, 3.05) is 13.1 Å². The van der Waals surface area contributed by atoms with E-state index in [1.165, 1.54) is 22.9 Å². The van der Waals surface area contributed by atoms with Gasteiger partial charge in [-0.3, -0.25) is 0 Å². The van der Waals surface area contributed by atoms with E-state index in [2.05, 4.69) is 15.0 Å². The Morgan fingerprint density at radius 3 is 2.79 bits per heavy atom. The number of nitriles is 1. The van der Waals surface area contributed by atoms with Gasteiger partial charge in [-0.2, -0.15) is 9.57 Å². The van der Waals surface area contributed by atoms with Crippen molar-refractivity contribution in [1.82, 2.24) is 23.8 Å². The van der Waals surface area contributed by atoms with Gasteiger partial charge in [0.2, 0.25) is 5.69 Å². The van der Waals surface area contributed by atoms with E-state index in [-0.39, 0.29) is 29.2 Å². The van der Waals surface area contributed by atoms with Crippen LogP contribution in [-0.4, -0.2) is 51.4 Å². The van der Waals surface area contributed by atoms with Crippen LogP contribution in [0.2, 0.25) is 0 Å². The SMILES string of the molecule is Cc1nc(S(=O)(=O)N2CCC(Oc3nccnc3C#N)C2)cn1C. The number of aromatic nitrogens is 4. The molecule has 0 aromatic carbocycles. The fourth-order valence-electron chi connectivity index (χ4n) is 2.44. The molecule has 3 rings (SSSR count). The second-order valence-corrected chi connectivity index (χ2v) is 7.34. The fraction of sp³-hybridized carbons (Fsp3) is 0.429.